The van der Waals surface area contributed by atoms with Gasteiger partial charge in [-0.15, -0.1) is 0 Å². The number of nitrogens with zero attached hydrogens (tertiary/aromatic N) is 1. The molecule has 1 atom stereocenters. The van der Waals surface area contributed by atoms with Crippen LogP contribution in [0.4, 0.5) is 5.69 Å². The number of nitrogens with one attached hydrogen (secondary N) is 1. The van der Waals surface area contributed by atoms with Gasteiger partial charge in [0, 0.05) is 45.1 Å². The van der Waals surface area contributed by atoms with E-state index in [1.165, 1.54) is 0 Å². The smallest absolute Gasteiger partial charge is 0.161 e. The Labute approximate surface area is 227 Å². The minimum Gasteiger partial charge on any atom is -0.507 e. The Bertz CT molecular complexity index is 1490. The second kappa shape index (κ2) is 10.4. The zero-order chi connectivity index (χ0) is 27.0. The fourth-order valence-corrected chi connectivity index (χ4v) is 5.52. The summed E-state index contributed by atoms with van der Waals surface area (Å²) >= 11 is 6.35. The molecule has 0 saturated heterocycles. The predicted molar refractivity (Wildman–Crippen MR) is 151 cm³/mol. The molecule has 6 nitrogen and oxygen atoms in total. The highest BCUT2D eigenvalue weighted by atomic mass is 35.5. The molecular weight excluding hydrogens is 500 g/mol. The quantitative estimate of drug-likeness (QED) is 0.341. The molecule has 38 heavy (non-hydrogen) atoms. The lowest BCUT2D eigenvalue weighted by atomic mass is 9.73. The Kier molecular flexibility index (Phi) is 7.00. The Morgan fingerprint density at radius 2 is 1.79 bits per heavy atom. The molecule has 0 amide bonds. The van der Waals surface area contributed by atoms with Crippen LogP contribution in [0.1, 0.15) is 41.9 Å². The van der Waals surface area contributed by atoms with E-state index in [1.54, 1.807) is 43.4 Å². The molecule has 2 aliphatic rings. The monoisotopic (exact) mass is 528 g/mol. The maximum Gasteiger partial charge on any atom is 0.161 e. The number of Topliss-reactive ketones (excluding diaryl/α,β-unsaturated/α-hetero) is 1. The van der Waals surface area contributed by atoms with Gasteiger partial charge in [-0.2, -0.15) is 0 Å². The number of aliphatic hydroxyl groups is 1. The highest BCUT2D eigenvalue weighted by Crippen LogP contribution is 2.50. The maximum atomic E-state index is 13.7. The highest BCUT2D eigenvalue weighted by Gasteiger charge is 2.44. The molecule has 0 aromatic heterocycles. The third-order valence-corrected chi connectivity index (χ3v) is 7.38. The number of anilines is 1. The molecule has 1 heterocycles. The van der Waals surface area contributed by atoms with Crippen molar-refractivity contribution in [3.05, 3.63) is 105 Å². The van der Waals surface area contributed by atoms with E-state index in [1.807, 2.05) is 49.4 Å². The van der Waals surface area contributed by atoms with Crippen LogP contribution in [0.3, 0.4) is 0 Å². The Morgan fingerprint density at radius 3 is 2.47 bits per heavy atom. The molecule has 0 radical (unpaired) electrons. The van der Waals surface area contributed by atoms with Crippen LogP contribution in [0.2, 0.25) is 5.02 Å². The number of benzene rings is 3. The Hall–Kier alpha value is -4.03. The van der Waals surface area contributed by atoms with E-state index in [0.717, 1.165) is 11.3 Å². The Morgan fingerprint density at radius 1 is 1.03 bits per heavy atom. The van der Waals surface area contributed by atoms with Crippen LogP contribution in [0, 0.1) is 12.3 Å². The van der Waals surface area contributed by atoms with Crippen LogP contribution in [-0.4, -0.2) is 30.9 Å². The van der Waals surface area contributed by atoms with Crippen LogP contribution in [0.15, 0.2) is 83.6 Å². The standard InChI is InChI=1S/C31H29ClN2O4/c1-18-10-12-19(13-11-18)30(36)29-27(23-17-22(37-2)14-15-26(23)38-3)28-24(8-5-9-25(28)35)34(31(29)33)21-7-4-6-20(32)16-21/h4,6-7,10-17,27,33,36H,5,8-9H2,1-3H3/t27-/m0/s1. The highest BCUT2D eigenvalue weighted by molar-refractivity contribution is 6.31. The minimum atomic E-state index is -0.730. The third-order valence-electron chi connectivity index (χ3n) is 7.15. The van der Waals surface area contributed by atoms with E-state index in [-0.39, 0.29) is 17.4 Å². The topological polar surface area (TPSA) is 82.8 Å². The number of aryl methyl sites for hydroxylation is 1. The van der Waals surface area contributed by atoms with Crippen molar-refractivity contribution in [2.45, 2.75) is 32.1 Å². The van der Waals surface area contributed by atoms with Gasteiger partial charge in [-0.3, -0.25) is 15.1 Å². The van der Waals surface area contributed by atoms with E-state index in [9.17, 15) is 15.3 Å². The summed E-state index contributed by atoms with van der Waals surface area (Å²) in [6.07, 6.45) is 1.67. The number of hydrogen-bond donors (Lipinski definition) is 2. The van der Waals surface area contributed by atoms with Crippen LogP contribution in [-0.2, 0) is 4.79 Å². The fraction of sp³-hybridized carbons (Fsp3) is 0.226. The third kappa shape index (κ3) is 4.45. The van der Waals surface area contributed by atoms with Crippen molar-refractivity contribution in [2.24, 2.45) is 0 Å². The molecule has 0 fully saturated rings. The number of ketones is 1. The summed E-state index contributed by atoms with van der Waals surface area (Å²) in [5.74, 6) is 0.390. The minimum absolute atomic E-state index is 0.0187. The lowest BCUT2D eigenvalue weighted by Crippen LogP contribution is -2.42. The van der Waals surface area contributed by atoms with E-state index in [2.05, 4.69) is 0 Å². The maximum absolute atomic E-state index is 13.7. The molecule has 0 spiro atoms. The molecule has 0 unspecified atom stereocenters. The summed E-state index contributed by atoms with van der Waals surface area (Å²) in [5, 5.41) is 21.8. The molecule has 0 saturated carbocycles. The summed E-state index contributed by atoms with van der Waals surface area (Å²) in [6.45, 7) is 1.97. The Balaban J connectivity index is 1.87. The van der Waals surface area contributed by atoms with Gasteiger partial charge < -0.3 is 14.6 Å². The van der Waals surface area contributed by atoms with Crippen LogP contribution < -0.4 is 14.4 Å². The molecule has 3 aromatic carbocycles. The van der Waals surface area contributed by atoms with Crippen molar-refractivity contribution in [2.75, 3.05) is 19.1 Å². The molecule has 0 bridgehead atoms. The van der Waals surface area contributed by atoms with Crippen LogP contribution in [0.5, 0.6) is 11.5 Å². The zero-order valence-electron chi connectivity index (χ0n) is 21.5. The first-order valence-electron chi connectivity index (χ1n) is 12.5. The van der Waals surface area contributed by atoms with Gasteiger partial charge in [0.1, 0.15) is 23.1 Å². The molecule has 5 rings (SSSR count). The zero-order valence-corrected chi connectivity index (χ0v) is 22.3. The second-order valence-corrected chi connectivity index (χ2v) is 9.91. The molecule has 7 heteroatoms. The molecular formula is C31H29ClN2O4. The van der Waals surface area contributed by atoms with Crippen molar-refractivity contribution in [3.63, 3.8) is 0 Å². The van der Waals surface area contributed by atoms with Gasteiger partial charge in [-0.25, -0.2) is 0 Å². The van der Waals surface area contributed by atoms with Crippen molar-refractivity contribution in [1.29, 1.82) is 5.41 Å². The van der Waals surface area contributed by atoms with E-state index in [0.29, 0.717) is 63.7 Å². The second-order valence-electron chi connectivity index (χ2n) is 9.47. The van der Waals surface area contributed by atoms with Crippen molar-refractivity contribution < 1.29 is 19.4 Å². The first-order chi connectivity index (χ1) is 18.3. The number of allylic oxidation sites excluding steroid dienone is 2. The number of hydrogen-bond acceptors (Lipinski definition) is 5. The molecule has 1 aliphatic carbocycles. The molecule has 2 N–H and O–H groups in total. The van der Waals surface area contributed by atoms with Gasteiger partial charge in [0.2, 0.25) is 0 Å². The summed E-state index contributed by atoms with van der Waals surface area (Å²) in [4.78, 5) is 15.5. The number of carbonyl (C=O) groups excluding carboxylic acids is 1. The summed E-state index contributed by atoms with van der Waals surface area (Å²) in [5.41, 5.74) is 4.52. The fourth-order valence-electron chi connectivity index (χ4n) is 5.33. The van der Waals surface area contributed by atoms with Gasteiger partial charge in [-0.1, -0.05) is 47.5 Å². The van der Waals surface area contributed by atoms with Crippen molar-refractivity contribution >= 4 is 34.7 Å². The molecule has 194 valence electrons. The number of halogens is 1. The van der Waals surface area contributed by atoms with Gasteiger partial charge in [-0.05, 0) is 56.2 Å². The van der Waals surface area contributed by atoms with Crippen LogP contribution >= 0.6 is 11.6 Å². The van der Waals surface area contributed by atoms with E-state index in [4.69, 9.17) is 21.1 Å². The number of ether oxygens (including phenoxy) is 2. The summed E-state index contributed by atoms with van der Waals surface area (Å²) in [6, 6.07) is 20.1. The van der Waals surface area contributed by atoms with Gasteiger partial charge in [0.15, 0.2) is 5.78 Å². The van der Waals surface area contributed by atoms with Gasteiger partial charge in [0.25, 0.3) is 0 Å². The predicted octanol–water partition coefficient (Wildman–Crippen LogP) is 7.22. The van der Waals surface area contributed by atoms with Crippen molar-refractivity contribution in [3.8, 4) is 11.5 Å². The molecule has 1 aliphatic heterocycles. The molecule has 3 aromatic rings. The SMILES string of the molecule is COc1ccc(OC)c([C@@H]2C(=C(O)c3ccc(C)cc3)C(=N)N(c3cccc(Cl)c3)C3=C2C(=O)CCC3)c1. The number of amidine groups is 1. The van der Waals surface area contributed by atoms with E-state index >= 15 is 0 Å². The number of rotatable bonds is 5. The van der Waals surface area contributed by atoms with Gasteiger partial charge in [0.05, 0.1) is 20.1 Å². The largest absolute Gasteiger partial charge is 0.507 e. The summed E-state index contributed by atoms with van der Waals surface area (Å²) in [7, 11) is 3.14. The van der Waals surface area contributed by atoms with Crippen LogP contribution in [0.25, 0.3) is 5.76 Å². The first-order valence-corrected chi connectivity index (χ1v) is 12.8. The summed E-state index contributed by atoms with van der Waals surface area (Å²) < 4.78 is 11.2. The normalized spacial score (nSPS) is 18.8. The lowest BCUT2D eigenvalue weighted by molar-refractivity contribution is -0.116. The van der Waals surface area contributed by atoms with Gasteiger partial charge >= 0.3 is 0 Å². The number of methoxy groups -OCH3 is 2. The average molecular weight is 529 g/mol. The number of aliphatic hydroxyl groups excluding tert-OH is 1. The average Bonchev–Trinajstić information content (AvgIpc) is 2.92. The number of carbonyl (C=O) groups is 1. The first kappa shape index (κ1) is 25.6. The lowest BCUT2D eigenvalue weighted by Gasteiger charge is -2.42. The van der Waals surface area contributed by atoms with E-state index < -0.39 is 5.92 Å². The van der Waals surface area contributed by atoms with Crippen molar-refractivity contribution in [1.82, 2.24) is 0 Å².